The largest absolute Gasteiger partial charge is 0.308 e. The predicted molar refractivity (Wildman–Crippen MR) is 65.9 cm³/mol. The van der Waals surface area contributed by atoms with E-state index >= 15 is 0 Å². The zero-order valence-corrected chi connectivity index (χ0v) is 10.4. The van der Waals surface area contributed by atoms with Crippen LogP contribution in [-0.4, -0.2) is 21.7 Å². The van der Waals surface area contributed by atoms with E-state index in [1.165, 1.54) is 4.90 Å². The summed E-state index contributed by atoms with van der Waals surface area (Å²) in [5.41, 5.74) is 3.19. The van der Waals surface area contributed by atoms with Crippen molar-refractivity contribution >= 4 is 17.6 Å². The molecule has 1 aliphatic rings. The molecule has 2 unspecified atom stereocenters. The molecule has 2 amide bonds. The van der Waals surface area contributed by atoms with Crippen molar-refractivity contribution in [3.8, 4) is 0 Å². The lowest BCUT2D eigenvalue weighted by Crippen LogP contribution is -2.31. The first kappa shape index (κ1) is 12.5. The second-order valence-corrected chi connectivity index (χ2v) is 4.50. The van der Waals surface area contributed by atoms with E-state index in [-0.39, 0.29) is 30.2 Å². The number of rotatable bonds is 3. The van der Waals surface area contributed by atoms with Crippen LogP contribution >= 0.6 is 0 Å². The molecule has 0 bridgehead atoms. The van der Waals surface area contributed by atoms with Gasteiger partial charge in [-0.05, 0) is 6.07 Å². The summed E-state index contributed by atoms with van der Waals surface area (Å²) in [6, 6.07) is 3.53. The maximum Gasteiger partial charge on any atom is 0.233 e. The van der Waals surface area contributed by atoms with Gasteiger partial charge in [0, 0.05) is 23.6 Å². The number of nitrogens with one attached hydrogen (secondary N) is 1. The van der Waals surface area contributed by atoms with Gasteiger partial charge in [0.2, 0.25) is 11.8 Å². The second kappa shape index (κ2) is 4.73. The standard InChI is InChI=1S/C12H16N4O2/c1-7-8(2)12(18)16(11(7)17)6-9-4-3-5-14-10(9)15-13/h3-5,7-8H,6,13H2,1-2H3,(H,14,15). The van der Waals surface area contributed by atoms with Crippen LogP contribution in [0.2, 0.25) is 0 Å². The zero-order chi connectivity index (χ0) is 13.3. The van der Waals surface area contributed by atoms with Crippen molar-refractivity contribution in [3.63, 3.8) is 0 Å². The minimum absolute atomic E-state index is 0.140. The third kappa shape index (κ3) is 1.95. The van der Waals surface area contributed by atoms with E-state index in [0.29, 0.717) is 5.82 Å². The van der Waals surface area contributed by atoms with Gasteiger partial charge in [-0.3, -0.25) is 14.5 Å². The Kier molecular flexibility index (Phi) is 3.29. The number of aromatic nitrogens is 1. The maximum atomic E-state index is 12.0. The molecule has 0 saturated carbocycles. The molecule has 6 nitrogen and oxygen atoms in total. The monoisotopic (exact) mass is 248 g/mol. The van der Waals surface area contributed by atoms with E-state index in [2.05, 4.69) is 10.4 Å². The van der Waals surface area contributed by atoms with E-state index in [1.54, 1.807) is 32.2 Å². The smallest absolute Gasteiger partial charge is 0.233 e. The van der Waals surface area contributed by atoms with Crippen LogP contribution in [0.4, 0.5) is 5.82 Å². The molecule has 1 fully saturated rings. The van der Waals surface area contributed by atoms with E-state index < -0.39 is 0 Å². The molecule has 2 heterocycles. The summed E-state index contributed by atoms with van der Waals surface area (Å²) in [5, 5.41) is 0. The number of nitrogens with two attached hydrogens (primary N) is 1. The summed E-state index contributed by atoms with van der Waals surface area (Å²) < 4.78 is 0. The molecule has 3 N–H and O–H groups in total. The van der Waals surface area contributed by atoms with Gasteiger partial charge in [0.15, 0.2) is 0 Å². The third-order valence-corrected chi connectivity index (χ3v) is 3.42. The van der Waals surface area contributed by atoms with Crippen molar-refractivity contribution in [1.82, 2.24) is 9.88 Å². The SMILES string of the molecule is CC1C(=O)N(Cc2cccnc2NN)C(=O)C1C. The Bertz CT molecular complexity index is 469. The van der Waals surface area contributed by atoms with Gasteiger partial charge in [-0.2, -0.15) is 0 Å². The lowest BCUT2D eigenvalue weighted by atomic mass is 10.00. The van der Waals surface area contributed by atoms with Gasteiger partial charge in [-0.25, -0.2) is 10.8 Å². The number of hydrogen-bond acceptors (Lipinski definition) is 5. The molecule has 1 saturated heterocycles. The fraction of sp³-hybridized carbons (Fsp3) is 0.417. The molecule has 1 aromatic heterocycles. The number of amides is 2. The fourth-order valence-corrected chi connectivity index (χ4v) is 2.05. The van der Waals surface area contributed by atoms with Crippen molar-refractivity contribution in [3.05, 3.63) is 23.9 Å². The number of hydrogen-bond donors (Lipinski definition) is 2. The number of likely N-dealkylation sites (tertiary alicyclic amines) is 1. The molecule has 2 atom stereocenters. The van der Waals surface area contributed by atoms with Gasteiger partial charge in [-0.1, -0.05) is 19.9 Å². The van der Waals surface area contributed by atoms with E-state index in [1.807, 2.05) is 0 Å². The van der Waals surface area contributed by atoms with Crippen LogP contribution in [0.25, 0.3) is 0 Å². The highest BCUT2D eigenvalue weighted by Gasteiger charge is 2.42. The van der Waals surface area contributed by atoms with E-state index in [9.17, 15) is 9.59 Å². The molecule has 0 aliphatic carbocycles. The Hall–Kier alpha value is -1.95. The molecule has 96 valence electrons. The predicted octanol–water partition coefficient (Wildman–Crippen LogP) is 0.508. The Morgan fingerprint density at radius 2 is 1.94 bits per heavy atom. The summed E-state index contributed by atoms with van der Waals surface area (Å²) in [4.78, 5) is 29.2. The topological polar surface area (TPSA) is 88.3 Å². The van der Waals surface area contributed by atoms with Crippen molar-refractivity contribution < 1.29 is 9.59 Å². The highest BCUT2D eigenvalue weighted by Crippen LogP contribution is 2.27. The Morgan fingerprint density at radius 1 is 1.33 bits per heavy atom. The number of anilines is 1. The molecule has 0 aromatic carbocycles. The van der Waals surface area contributed by atoms with Crippen molar-refractivity contribution in [2.75, 3.05) is 5.43 Å². The van der Waals surface area contributed by atoms with Crippen LogP contribution in [0, 0.1) is 11.8 Å². The quantitative estimate of drug-likeness (QED) is 0.462. The van der Waals surface area contributed by atoms with Gasteiger partial charge in [0.25, 0.3) is 0 Å². The van der Waals surface area contributed by atoms with Gasteiger partial charge >= 0.3 is 0 Å². The Morgan fingerprint density at radius 3 is 2.50 bits per heavy atom. The molecular weight excluding hydrogens is 232 g/mol. The van der Waals surface area contributed by atoms with Crippen LogP contribution in [0.5, 0.6) is 0 Å². The molecular formula is C12H16N4O2. The average Bonchev–Trinajstić information content (AvgIpc) is 2.57. The number of hydrazine groups is 1. The van der Waals surface area contributed by atoms with Gasteiger partial charge < -0.3 is 5.43 Å². The number of imide groups is 1. The minimum atomic E-state index is -0.261. The number of pyridine rings is 1. The van der Waals surface area contributed by atoms with E-state index in [0.717, 1.165) is 5.56 Å². The van der Waals surface area contributed by atoms with Crippen molar-refractivity contribution in [2.45, 2.75) is 20.4 Å². The molecule has 6 heteroatoms. The number of carbonyl (C=O) groups excluding carboxylic acids is 2. The lowest BCUT2D eigenvalue weighted by molar-refractivity contribution is -0.140. The summed E-state index contributed by atoms with van der Waals surface area (Å²) in [6.07, 6.45) is 1.59. The fourth-order valence-electron chi connectivity index (χ4n) is 2.05. The van der Waals surface area contributed by atoms with Crippen LogP contribution in [-0.2, 0) is 16.1 Å². The summed E-state index contributed by atoms with van der Waals surface area (Å²) in [7, 11) is 0. The molecule has 0 radical (unpaired) electrons. The maximum absolute atomic E-state index is 12.0. The summed E-state index contributed by atoms with van der Waals surface area (Å²) in [5.74, 6) is 5.02. The van der Waals surface area contributed by atoms with Crippen molar-refractivity contribution in [1.29, 1.82) is 0 Å². The van der Waals surface area contributed by atoms with E-state index in [4.69, 9.17) is 5.84 Å². The number of carbonyl (C=O) groups is 2. The van der Waals surface area contributed by atoms with Crippen LogP contribution in [0.1, 0.15) is 19.4 Å². The lowest BCUT2D eigenvalue weighted by Gasteiger charge is -2.16. The third-order valence-electron chi connectivity index (χ3n) is 3.42. The van der Waals surface area contributed by atoms with Crippen LogP contribution in [0.15, 0.2) is 18.3 Å². The normalized spacial score (nSPS) is 23.6. The molecule has 1 aromatic rings. The molecule has 0 spiro atoms. The first-order chi connectivity index (χ1) is 8.56. The zero-order valence-electron chi connectivity index (χ0n) is 10.4. The minimum Gasteiger partial charge on any atom is -0.308 e. The van der Waals surface area contributed by atoms with Gasteiger partial charge in [0.05, 0.1) is 6.54 Å². The second-order valence-electron chi connectivity index (χ2n) is 4.50. The number of nitrogens with zero attached hydrogens (tertiary/aromatic N) is 2. The summed E-state index contributed by atoms with van der Waals surface area (Å²) >= 11 is 0. The first-order valence-corrected chi connectivity index (χ1v) is 5.82. The van der Waals surface area contributed by atoms with Crippen LogP contribution < -0.4 is 11.3 Å². The van der Waals surface area contributed by atoms with Crippen LogP contribution in [0.3, 0.4) is 0 Å². The highest BCUT2D eigenvalue weighted by atomic mass is 16.2. The average molecular weight is 248 g/mol. The molecule has 18 heavy (non-hydrogen) atoms. The first-order valence-electron chi connectivity index (χ1n) is 5.82. The highest BCUT2D eigenvalue weighted by molar-refractivity contribution is 6.04. The Balaban J connectivity index is 2.24. The van der Waals surface area contributed by atoms with Crippen molar-refractivity contribution in [2.24, 2.45) is 17.7 Å². The molecule has 1 aliphatic heterocycles. The number of nitrogen functional groups attached to an aromatic ring is 1. The Labute approximate surface area is 105 Å². The molecule has 2 rings (SSSR count). The summed E-state index contributed by atoms with van der Waals surface area (Å²) in [6.45, 7) is 3.76. The van der Waals surface area contributed by atoms with Gasteiger partial charge in [0.1, 0.15) is 5.82 Å². The van der Waals surface area contributed by atoms with Gasteiger partial charge in [-0.15, -0.1) is 0 Å².